The highest BCUT2D eigenvalue weighted by molar-refractivity contribution is 5.63. The van der Waals surface area contributed by atoms with Crippen molar-refractivity contribution in [1.29, 1.82) is 0 Å². The van der Waals surface area contributed by atoms with Crippen molar-refractivity contribution in [3.05, 3.63) is 6.33 Å². The molecule has 0 radical (unpaired) electrons. The fraction of sp³-hybridized carbons (Fsp3) is 0.667. The summed E-state index contributed by atoms with van der Waals surface area (Å²) in [5, 5.41) is 6.50. The van der Waals surface area contributed by atoms with Gasteiger partial charge in [0.2, 0.25) is 5.75 Å². The summed E-state index contributed by atoms with van der Waals surface area (Å²) in [5.74, 6) is 3.83. The van der Waals surface area contributed by atoms with Crippen molar-refractivity contribution in [2.24, 2.45) is 11.8 Å². The zero-order valence-corrected chi connectivity index (χ0v) is 10.7. The van der Waals surface area contributed by atoms with Gasteiger partial charge in [-0.15, -0.1) is 0 Å². The van der Waals surface area contributed by atoms with Crippen molar-refractivity contribution < 1.29 is 4.74 Å². The van der Waals surface area contributed by atoms with Gasteiger partial charge in [0.05, 0.1) is 7.11 Å². The van der Waals surface area contributed by atoms with Crippen molar-refractivity contribution in [2.45, 2.75) is 20.3 Å². The summed E-state index contributed by atoms with van der Waals surface area (Å²) in [6, 6.07) is 0. The number of nitrogens with zero attached hydrogens (tertiary/aromatic N) is 2. The van der Waals surface area contributed by atoms with Crippen molar-refractivity contribution >= 4 is 11.6 Å². The van der Waals surface area contributed by atoms with Gasteiger partial charge in [0.15, 0.2) is 11.6 Å². The molecule has 0 spiro atoms. The monoisotopic (exact) mass is 236 g/mol. The van der Waals surface area contributed by atoms with E-state index >= 15 is 0 Å². The standard InChI is InChI=1S/C12H20N4O/c1-4-13-11-10(17-3)12(16-7-15-11)14-6-9-5-8(9)2/h7-9H,4-6H2,1-3H3,(H2,13,14,15,16). The first-order valence-electron chi connectivity index (χ1n) is 6.13. The van der Waals surface area contributed by atoms with Crippen LogP contribution in [0.2, 0.25) is 0 Å². The van der Waals surface area contributed by atoms with Gasteiger partial charge >= 0.3 is 0 Å². The second-order valence-corrected chi connectivity index (χ2v) is 4.49. The summed E-state index contributed by atoms with van der Waals surface area (Å²) in [5.41, 5.74) is 0. The maximum atomic E-state index is 5.36. The van der Waals surface area contributed by atoms with E-state index in [-0.39, 0.29) is 0 Å². The molecule has 1 fully saturated rings. The highest BCUT2D eigenvalue weighted by Gasteiger charge is 2.32. The number of rotatable bonds is 6. The van der Waals surface area contributed by atoms with E-state index in [1.54, 1.807) is 13.4 Å². The average Bonchev–Trinajstić information content (AvgIpc) is 3.03. The third-order valence-electron chi connectivity index (χ3n) is 3.16. The fourth-order valence-corrected chi connectivity index (χ4v) is 1.90. The Morgan fingerprint density at radius 2 is 2.00 bits per heavy atom. The van der Waals surface area contributed by atoms with Gasteiger partial charge in [0.1, 0.15) is 6.33 Å². The second-order valence-electron chi connectivity index (χ2n) is 4.49. The number of aromatic nitrogens is 2. The first kappa shape index (κ1) is 12.0. The van der Waals surface area contributed by atoms with E-state index < -0.39 is 0 Å². The SMILES string of the molecule is CCNc1ncnc(NCC2CC2C)c1OC. The molecule has 1 aromatic rings. The molecule has 2 atom stereocenters. The van der Waals surface area contributed by atoms with E-state index in [2.05, 4.69) is 27.5 Å². The number of nitrogens with one attached hydrogen (secondary N) is 2. The van der Waals surface area contributed by atoms with Gasteiger partial charge in [0, 0.05) is 13.1 Å². The molecule has 1 saturated carbocycles. The quantitative estimate of drug-likeness (QED) is 0.791. The normalized spacial score (nSPS) is 22.1. The molecule has 0 bridgehead atoms. The second kappa shape index (κ2) is 5.21. The molecule has 0 aromatic carbocycles. The molecule has 17 heavy (non-hydrogen) atoms. The van der Waals surface area contributed by atoms with E-state index in [4.69, 9.17) is 4.74 Å². The van der Waals surface area contributed by atoms with Crippen molar-refractivity contribution in [3.8, 4) is 5.75 Å². The number of hydrogen-bond acceptors (Lipinski definition) is 5. The number of ether oxygens (including phenoxy) is 1. The summed E-state index contributed by atoms with van der Waals surface area (Å²) in [6.07, 6.45) is 2.86. The van der Waals surface area contributed by atoms with Crippen molar-refractivity contribution in [3.63, 3.8) is 0 Å². The summed E-state index contributed by atoms with van der Waals surface area (Å²) in [6.45, 7) is 6.07. The van der Waals surface area contributed by atoms with Crippen LogP contribution in [0.15, 0.2) is 6.33 Å². The molecule has 2 N–H and O–H groups in total. The van der Waals surface area contributed by atoms with Crippen LogP contribution in [0.1, 0.15) is 20.3 Å². The van der Waals surface area contributed by atoms with E-state index in [9.17, 15) is 0 Å². The summed E-state index contributed by atoms with van der Waals surface area (Å²) < 4.78 is 5.36. The lowest BCUT2D eigenvalue weighted by Gasteiger charge is -2.13. The van der Waals surface area contributed by atoms with E-state index in [0.29, 0.717) is 5.75 Å². The molecule has 5 nitrogen and oxygen atoms in total. The van der Waals surface area contributed by atoms with Crippen LogP contribution in [0, 0.1) is 11.8 Å². The molecule has 5 heteroatoms. The lowest BCUT2D eigenvalue weighted by Crippen LogP contribution is -2.10. The number of anilines is 2. The highest BCUT2D eigenvalue weighted by Crippen LogP contribution is 2.38. The van der Waals surface area contributed by atoms with Gasteiger partial charge in [-0.1, -0.05) is 6.92 Å². The minimum absolute atomic E-state index is 0.697. The van der Waals surface area contributed by atoms with Crippen LogP contribution in [0.25, 0.3) is 0 Å². The average molecular weight is 236 g/mol. The molecule has 1 aliphatic carbocycles. The first-order chi connectivity index (χ1) is 8.26. The van der Waals surface area contributed by atoms with Gasteiger partial charge < -0.3 is 15.4 Å². The first-order valence-corrected chi connectivity index (χ1v) is 6.13. The van der Waals surface area contributed by atoms with Gasteiger partial charge in [-0.25, -0.2) is 9.97 Å². The summed E-state index contributed by atoms with van der Waals surface area (Å²) >= 11 is 0. The Kier molecular flexibility index (Phi) is 3.66. The van der Waals surface area contributed by atoms with E-state index in [1.807, 2.05) is 6.92 Å². The Hall–Kier alpha value is -1.52. The number of hydrogen-bond donors (Lipinski definition) is 2. The Bertz CT molecular complexity index is 383. The van der Waals surface area contributed by atoms with Crippen LogP contribution in [-0.4, -0.2) is 30.2 Å². The van der Waals surface area contributed by atoms with Gasteiger partial charge in [0.25, 0.3) is 0 Å². The zero-order chi connectivity index (χ0) is 12.3. The molecule has 94 valence electrons. The Morgan fingerprint density at radius 1 is 1.35 bits per heavy atom. The molecule has 0 aliphatic heterocycles. The molecule has 1 aromatic heterocycles. The van der Waals surface area contributed by atoms with Gasteiger partial charge in [-0.3, -0.25) is 0 Å². The van der Waals surface area contributed by atoms with Crippen LogP contribution in [0.4, 0.5) is 11.6 Å². The van der Waals surface area contributed by atoms with Crippen LogP contribution in [-0.2, 0) is 0 Å². The summed E-state index contributed by atoms with van der Waals surface area (Å²) in [7, 11) is 1.64. The molecule has 2 rings (SSSR count). The predicted molar refractivity (Wildman–Crippen MR) is 68.5 cm³/mol. The lowest BCUT2D eigenvalue weighted by atomic mass is 10.3. The third kappa shape index (κ3) is 2.78. The minimum atomic E-state index is 0.697. The zero-order valence-electron chi connectivity index (χ0n) is 10.7. The molecule has 1 heterocycles. The van der Waals surface area contributed by atoms with Crippen LogP contribution >= 0.6 is 0 Å². The number of methoxy groups -OCH3 is 1. The van der Waals surface area contributed by atoms with Crippen molar-refractivity contribution in [2.75, 3.05) is 30.8 Å². The van der Waals surface area contributed by atoms with Gasteiger partial charge in [-0.2, -0.15) is 0 Å². The van der Waals surface area contributed by atoms with Crippen LogP contribution < -0.4 is 15.4 Å². The topological polar surface area (TPSA) is 59.1 Å². The predicted octanol–water partition coefficient (Wildman–Crippen LogP) is 1.98. The highest BCUT2D eigenvalue weighted by atomic mass is 16.5. The fourth-order valence-electron chi connectivity index (χ4n) is 1.90. The van der Waals surface area contributed by atoms with E-state index in [0.717, 1.165) is 36.6 Å². The maximum Gasteiger partial charge on any atom is 0.204 e. The third-order valence-corrected chi connectivity index (χ3v) is 3.16. The molecule has 1 aliphatic rings. The Balaban J connectivity index is 2.06. The Morgan fingerprint density at radius 3 is 2.53 bits per heavy atom. The lowest BCUT2D eigenvalue weighted by molar-refractivity contribution is 0.414. The Labute approximate surface area is 102 Å². The molecular weight excluding hydrogens is 216 g/mol. The maximum absolute atomic E-state index is 5.36. The van der Waals surface area contributed by atoms with Crippen LogP contribution in [0.3, 0.4) is 0 Å². The van der Waals surface area contributed by atoms with Gasteiger partial charge in [-0.05, 0) is 25.2 Å². The molecule has 0 saturated heterocycles. The van der Waals surface area contributed by atoms with Crippen molar-refractivity contribution in [1.82, 2.24) is 9.97 Å². The largest absolute Gasteiger partial charge is 0.490 e. The molecular formula is C12H20N4O. The van der Waals surface area contributed by atoms with E-state index in [1.165, 1.54) is 6.42 Å². The smallest absolute Gasteiger partial charge is 0.204 e. The summed E-state index contributed by atoms with van der Waals surface area (Å²) in [4.78, 5) is 8.40. The molecule has 2 unspecified atom stereocenters. The minimum Gasteiger partial charge on any atom is -0.490 e. The van der Waals surface area contributed by atoms with Crippen LogP contribution in [0.5, 0.6) is 5.75 Å². The molecule has 0 amide bonds.